The number of anilines is 1. The van der Waals surface area contributed by atoms with E-state index in [1.807, 2.05) is 37.3 Å². The zero-order valence-electron chi connectivity index (χ0n) is 23.2. The molecule has 0 spiro atoms. The maximum atomic E-state index is 13.6. The fourth-order valence-electron chi connectivity index (χ4n) is 5.25. The topological polar surface area (TPSA) is 78.6 Å². The zero-order valence-corrected chi connectivity index (χ0v) is 24.8. The van der Waals surface area contributed by atoms with Gasteiger partial charge in [-0.3, -0.25) is 19.1 Å². The molecule has 39 heavy (non-hydrogen) atoms. The van der Waals surface area contributed by atoms with E-state index in [9.17, 15) is 14.9 Å². The number of hydrogen-bond donors (Lipinski definition) is 0. The van der Waals surface area contributed by atoms with Crippen LogP contribution in [0.2, 0.25) is 0 Å². The van der Waals surface area contributed by atoms with Crippen molar-refractivity contribution in [3.63, 3.8) is 0 Å². The summed E-state index contributed by atoms with van der Waals surface area (Å²) in [6.45, 7) is 8.82. The van der Waals surface area contributed by atoms with Gasteiger partial charge in [0.1, 0.15) is 27.5 Å². The maximum absolute atomic E-state index is 13.6. The fraction of sp³-hybridized carbons (Fsp3) is 0.467. The first-order valence-corrected chi connectivity index (χ1v) is 14.8. The van der Waals surface area contributed by atoms with E-state index >= 15 is 0 Å². The highest BCUT2D eigenvalue weighted by molar-refractivity contribution is 8.26. The Bertz CT molecular complexity index is 1370. The quantitative estimate of drug-likeness (QED) is 0.293. The smallest absolute Gasteiger partial charge is 0.270 e. The van der Waals surface area contributed by atoms with Gasteiger partial charge in [-0.1, -0.05) is 56.4 Å². The van der Waals surface area contributed by atoms with Crippen LogP contribution in [0.4, 0.5) is 5.82 Å². The third-order valence-corrected chi connectivity index (χ3v) is 8.85. The minimum Gasteiger partial charge on any atom is -0.497 e. The van der Waals surface area contributed by atoms with Gasteiger partial charge in [0.2, 0.25) is 0 Å². The molecule has 2 saturated heterocycles. The number of nitriles is 1. The number of carbonyl (C=O) groups is 1. The van der Waals surface area contributed by atoms with Crippen molar-refractivity contribution in [2.45, 2.75) is 59.4 Å². The van der Waals surface area contributed by atoms with E-state index in [2.05, 4.69) is 24.8 Å². The molecule has 2 fully saturated rings. The Balaban J connectivity index is 1.72. The number of thiocarbonyl (C=S) groups is 1. The summed E-state index contributed by atoms with van der Waals surface area (Å²) in [5.41, 5.74) is 2.37. The lowest BCUT2D eigenvalue weighted by atomic mass is 9.98. The van der Waals surface area contributed by atoms with Crippen molar-refractivity contribution in [3.8, 4) is 11.8 Å². The third-order valence-electron chi connectivity index (χ3n) is 7.47. The van der Waals surface area contributed by atoms with Gasteiger partial charge in [-0.15, -0.1) is 0 Å². The van der Waals surface area contributed by atoms with Crippen LogP contribution in [0, 0.1) is 24.2 Å². The summed E-state index contributed by atoms with van der Waals surface area (Å²) in [7, 11) is 1.63. The number of amides is 1. The third kappa shape index (κ3) is 6.23. The van der Waals surface area contributed by atoms with Crippen LogP contribution in [0.25, 0.3) is 6.08 Å². The summed E-state index contributed by atoms with van der Waals surface area (Å²) >= 11 is 6.90. The molecule has 206 valence electrons. The molecule has 0 N–H and O–H groups in total. The minimum absolute atomic E-state index is 0.138. The molecule has 1 amide bonds. The largest absolute Gasteiger partial charge is 0.497 e. The Morgan fingerprint density at radius 2 is 1.97 bits per heavy atom. The van der Waals surface area contributed by atoms with Gasteiger partial charge < -0.3 is 9.64 Å². The molecule has 1 unspecified atom stereocenters. The van der Waals surface area contributed by atoms with Gasteiger partial charge in [0.25, 0.3) is 11.5 Å². The van der Waals surface area contributed by atoms with Gasteiger partial charge in [0.05, 0.1) is 12.0 Å². The molecule has 0 saturated carbocycles. The molecule has 2 aliphatic rings. The van der Waals surface area contributed by atoms with Crippen molar-refractivity contribution in [2.75, 3.05) is 31.6 Å². The highest BCUT2D eigenvalue weighted by Crippen LogP contribution is 2.37. The van der Waals surface area contributed by atoms with E-state index in [1.54, 1.807) is 16.6 Å². The monoisotopic (exact) mass is 564 g/mol. The molecule has 0 radical (unpaired) electrons. The molecular weight excluding hydrogens is 528 g/mol. The number of ether oxygens (including phenoxy) is 1. The summed E-state index contributed by atoms with van der Waals surface area (Å²) < 4.78 is 7.52. The molecule has 1 aromatic heterocycles. The number of methoxy groups -OCH3 is 1. The Morgan fingerprint density at radius 1 is 1.23 bits per heavy atom. The molecule has 4 rings (SSSR count). The molecule has 3 heterocycles. The predicted molar refractivity (Wildman–Crippen MR) is 162 cm³/mol. The lowest BCUT2D eigenvalue weighted by molar-refractivity contribution is -0.122. The molecule has 7 nitrogen and oxygen atoms in total. The molecular formula is C30H36N4O3S2. The number of benzene rings is 1. The minimum atomic E-state index is -0.249. The van der Waals surface area contributed by atoms with E-state index < -0.39 is 0 Å². The number of rotatable bonds is 9. The van der Waals surface area contributed by atoms with E-state index in [4.69, 9.17) is 17.0 Å². The number of nitrogens with zero attached hydrogens (tertiary/aromatic N) is 4. The van der Waals surface area contributed by atoms with Gasteiger partial charge in [0.15, 0.2) is 0 Å². The van der Waals surface area contributed by atoms with Crippen LogP contribution in [0.15, 0.2) is 34.0 Å². The highest BCUT2D eigenvalue weighted by atomic mass is 32.2. The molecule has 2 aliphatic heterocycles. The number of thioether (sulfide) groups is 1. The van der Waals surface area contributed by atoms with Crippen LogP contribution in [0.1, 0.15) is 61.8 Å². The Labute approximate surface area is 240 Å². The molecule has 9 heteroatoms. The van der Waals surface area contributed by atoms with Crippen molar-refractivity contribution in [1.29, 1.82) is 5.26 Å². The first-order valence-electron chi connectivity index (χ1n) is 13.6. The Kier molecular flexibility index (Phi) is 9.52. The Morgan fingerprint density at radius 3 is 2.62 bits per heavy atom. The van der Waals surface area contributed by atoms with Crippen molar-refractivity contribution in [1.82, 2.24) is 9.47 Å². The summed E-state index contributed by atoms with van der Waals surface area (Å²) in [5.74, 6) is 1.97. The van der Waals surface area contributed by atoms with Crippen LogP contribution in [0.3, 0.4) is 0 Å². The van der Waals surface area contributed by atoms with Crippen LogP contribution in [-0.2, 0) is 17.8 Å². The average Bonchev–Trinajstić information content (AvgIpc) is 3.20. The van der Waals surface area contributed by atoms with Gasteiger partial charge in [0, 0.05) is 31.7 Å². The SMILES string of the molecule is CCCCn1c(N2CCCC(C)C2)c(/C=C2/SC(=S)N(CCc3ccc(OC)cc3)C2=O)c(C)c(C#N)c1=O. The zero-order chi connectivity index (χ0) is 28.1. The fourth-order valence-corrected chi connectivity index (χ4v) is 6.54. The van der Waals surface area contributed by atoms with Crippen LogP contribution in [0.5, 0.6) is 5.75 Å². The Hall–Kier alpha value is -3.09. The predicted octanol–water partition coefficient (Wildman–Crippen LogP) is 5.52. The normalized spacial score (nSPS) is 18.6. The summed E-state index contributed by atoms with van der Waals surface area (Å²) in [4.78, 5) is 31.5. The number of unbranched alkanes of at least 4 members (excludes halogenated alkanes) is 1. The first-order chi connectivity index (χ1) is 18.8. The second-order valence-corrected chi connectivity index (χ2v) is 12.0. The number of piperidine rings is 1. The van der Waals surface area contributed by atoms with Crippen molar-refractivity contribution < 1.29 is 9.53 Å². The van der Waals surface area contributed by atoms with Crippen molar-refractivity contribution in [2.24, 2.45) is 5.92 Å². The number of carbonyl (C=O) groups excluding carboxylic acids is 1. The van der Waals surface area contributed by atoms with E-state index in [0.29, 0.717) is 40.2 Å². The molecule has 1 aromatic carbocycles. The molecule has 0 aliphatic carbocycles. The highest BCUT2D eigenvalue weighted by Gasteiger charge is 2.33. The second-order valence-electron chi connectivity index (χ2n) is 10.3. The van der Waals surface area contributed by atoms with Crippen molar-refractivity contribution >= 4 is 46.1 Å². The number of aromatic nitrogens is 1. The van der Waals surface area contributed by atoms with Gasteiger partial charge >= 0.3 is 0 Å². The maximum Gasteiger partial charge on any atom is 0.270 e. The van der Waals surface area contributed by atoms with Crippen LogP contribution < -0.4 is 15.2 Å². The first kappa shape index (κ1) is 28.9. The summed E-state index contributed by atoms with van der Waals surface area (Å²) in [6.07, 6.45) is 6.47. The lowest BCUT2D eigenvalue weighted by Gasteiger charge is -2.36. The summed E-state index contributed by atoms with van der Waals surface area (Å²) in [6, 6.07) is 9.94. The van der Waals surface area contributed by atoms with Gasteiger partial charge in [-0.05, 0) is 67.9 Å². The summed E-state index contributed by atoms with van der Waals surface area (Å²) in [5, 5.41) is 9.92. The standard InChI is InChI=1S/C30H36N4O3S2/c1-5-6-15-33-27(32-14-7-8-20(2)19-32)24(21(3)25(18-31)28(33)35)17-26-29(36)34(30(38)39-26)16-13-22-9-11-23(37-4)12-10-22/h9-12,17,20H,5-8,13-16,19H2,1-4H3/b26-17+. The number of pyridine rings is 1. The van der Waals surface area contributed by atoms with Crippen LogP contribution >= 0.6 is 24.0 Å². The van der Waals surface area contributed by atoms with E-state index in [-0.39, 0.29) is 17.0 Å². The molecule has 1 atom stereocenters. The molecule has 2 aromatic rings. The van der Waals surface area contributed by atoms with E-state index in [1.165, 1.54) is 11.8 Å². The van der Waals surface area contributed by atoms with Crippen LogP contribution in [-0.4, -0.2) is 46.4 Å². The number of hydrogen-bond acceptors (Lipinski definition) is 7. The van der Waals surface area contributed by atoms with Gasteiger partial charge in [-0.25, -0.2) is 0 Å². The lowest BCUT2D eigenvalue weighted by Crippen LogP contribution is -2.40. The average molecular weight is 565 g/mol. The van der Waals surface area contributed by atoms with E-state index in [0.717, 1.165) is 61.5 Å². The van der Waals surface area contributed by atoms with Crippen molar-refractivity contribution in [3.05, 3.63) is 61.8 Å². The molecule has 0 bridgehead atoms. The second kappa shape index (κ2) is 12.8. The van der Waals surface area contributed by atoms with Gasteiger partial charge in [-0.2, -0.15) is 5.26 Å².